The van der Waals surface area contributed by atoms with Crippen LogP contribution in [0.3, 0.4) is 0 Å². The molecule has 0 aromatic heterocycles. The maximum absolute atomic E-state index is 12.5. The fraction of sp³-hybridized carbons (Fsp3) is 0.316. The molecule has 0 saturated carbocycles. The highest BCUT2D eigenvalue weighted by atomic mass is 32.2. The molecule has 0 fully saturated rings. The monoisotopic (exact) mass is 376 g/mol. The highest BCUT2D eigenvalue weighted by Gasteiger charge is 2.24. The SMILES string of the molecule is CCOc1ccc(CN(C)C(=O)CN(C)S(=O)(=O)c2ccccc2)cc1. The molecule has 2 rings (SSSR count). The van der Waals surface area contributed by atoms with Gasteiger partial charge in [0.1, 0.15) is 5.75 Å². The summed E-state index contributed by atoms with van der Waals surface area (Å²) in [5.74, 6) is 0.500. The molecule has 0 aliphatic heterocycles. The quantitative estimate of drug-likeness (QED) is 0.709. The molecule has 2 aromatic rings. The Balaban J connectivity index is 1.97. The van der Waals surface area contributed by atoms with Gasteiger partial charge in [-0.1, -0.05) is 30.3 Å². The maximum Gasteiger partial charge on any atom is 0.243 e. The van der Waals surface area contributed by atoms with Gasteiger partial charge < -0.3 is 9.64 Å². The minimum absolute atomic E-state index is 0.171. The van der Waals surface area contributed by atoms with Crippen molar-refractivity contribution < 1.29 is 17.9 Å². The second-order valence-corrected chi connectivity index (χ2v) is 7.95. The lowest BCUT2D eigenvalue weighted by atomic mass is 10.2. The average Bonchev–Trinajstić information content (AvgIpc) is 2.64. The predicted octanol–water partition coefficient (Wildman–Crippen LogP) is 2.36. The van der Waals surface area contributed by atoms with Crippen LogP contribution in [-0.4, -0.2) is 50.8 Å². The second-order valence-electron chi connectivity index (χ2n) is 5.90. The summed E-state index contributed by atoms with van der Waals surface area (Å²) in [6, 6.07) is 15.6. The lowest BCUT2D eigenvalue weighted by Gasteiger charge is -2.22. The second kappa shape index (κ2) is 8.82. The van der Waals surface area contributed by atoms with Crippen LogP contribution in [0.25, 0.3) is 0 Å². The van der Waals surface area contributed by atoms with Crippen LogP contribution in [0, 0.1) is 0 Å². The highest BCUT2D eigenvalue weighted by molar-refractivity contribution is 7.89. The molecule has 0 spiro atoms. The number of nitrogens with zero attached hydrogens (tertiary/aromatic N) is 2. The number of hydrogen-bond donors (Lipinski definition) is 0. The first-order valence-corrected chi connectivity index (χ1v) is 9.75. The van der Waals surface area contributed by atoms with E-state index in [9.17, 15) is 13.2 Å². The van der Waals surface area contributed by atoms with Crippen molar-refractivity contribution in [3.63, 3.8) is 0 Å². The van der Waals surface area contributed by atoms with Gasteiger partial charge in [-0.25, -0.2) is 8.42 Å². The van der Waals surface area contributed by atoms with Gasteiger partial charge in [0.25, 0.3) is 0 Å². The van der Waals surface area contributed by atoms with E-state index in [1.807, 2.05) is 31.2 Å². The molecule has 6 nitrogen and oxygen atoms in total. The lowest BCUT2D eigenvalue weighted by Crippen LogP contribution is -2.39. The molecule has 0 bridgehead atoms. The van der Waals surface area contributed by atoms with E-state index < -0.39 is 10.0 Å². The number of rotatable bonds is 8. The predicted molar refractivity (Wildman–Crippen MR) is 100 cm³/mol. The normalized spacial score (nSPS) is 11.4. The zero-order valence-electron chi connectivity index (χ0n) is 15.3. The molecule has 0 aliphatic carbocycles. The number of amides is 1. The van der Waals surface area contributed by atoms with Gasteiger partial charge in [-0.2, -0.15) is 4.31 Å². The van der Waals surface area contributed by atoms with Crippen molar-refractivity contribution in [2.45, 2.75) is 18.4 Å². The van der Waals surface area contributed by atoms with Gasteiger partial charge in [0.15, 0.2) is 0 Å². The lowest BCUT2D eigenvalue weighted by molar-refractivity contribution is -0.130. The molecule has 140 valence electrons. The molecular weight excluding hydrogens is 352 g/mol. The Labute approximate surface area is 155 Å². The molecule has 0 aliphatic rings. The van der Waals surface area contributed by atoms with E-state index in [1.54, 1.807) is 25.2 Å². The van der Waals surface area contributed by atoms with Crippen molar-refractivity contribution in [2.75, 3.05) is 27.2 Å². The van der Waals surface area contributed by atoms with E-state index >= 15 is 0 Å². The zero-order chi connectivity index (χ0) is 19.2. The Hall–Kier alpha value is -2.38. The van der Waals surface area contributed by atoms with Crippen LogP contribution < -0.4 is 4.74 Å². The van der Waals surface area contributed by atoms with Crippen LogP contribution >= 0.6 is 0 Å². The number of benzene rings is 2. The van der Waals surface area contributed by atoms with Crippen LogP contribution in [0.15, 0.2) is 59.5 Å². The van der Waals surface area contributed by atoms with Crippen LogP contribution in [0.2, 0.25) is 0 Å². The van der Waals surface area contributed by atoms with Crippen LogP contribution in [0.1, 0.15) is 12.5 Å². The third kappa shape index (κ3) is 5.06. The third-order valence-corrected chi connectivity index (χ3v) is 5.71. The minimum Gasteiger partial charge on any atom is -0.494 e. The van der Waals surface area contributed by atoms with Gasteiger partial charge in [-0.3, -0.25) is 4.79 Å². The standard InChI is InChI=1S/C19H24N2O4S/c1-4-25-17-12-10-16(11-13-17)14-20(2)19(22)15-21(3)26(23,24)18-8-6-5-7-9-18/h5-13H,4,14-15H2,1-3H3. The number of likely N-dealkylation sites (N-methyl/N-ethyl adjacent to an activating group) is 2. The fourth-order valence-electron chi connectivity index (χ4n) is 2.39. The van der Waals surface area contributed by atoms with Crippen LogP contribution in [-0.2, 0) is 21.4 Å². The Bertz CT molecular complexity index is 820. The fourth-order valence-corrected chi connectivity index (χ4v) is 3.53. The number of sulfonamides is 1. The summed E-state index contributed by atoms with van der Waals surface area (Å²) in [6.45, 7) is 2.69. The van der Waals surface area contributed by atoms with Gasteiger partial charge in [-0.05, 0) is 36.8 Å². The highest BCUT2D eigenvalue weighted by Crippen LogP contribution is 2.15. The molecule has 0 heterocycles. The molecule has 1 amide bonds. The van der Waals surface area contributed by atoms with E-state index in [1.165, 1.54) is 24.1 Å². The van der Waals surface area contributed by atoms with Crippen molar-refractivity contribution in [3.8, 4) is 5.75 Å². The molecule has 26 heavy (non-hydrogen) atoms. The summed E-state index contributed by atoms with van der Waals surface area (Å²) in [4.78, 5) is 14.1. The van der Waals surface area contributed by atoms with Gasteiger partial charge in [0, 0.05) is 20.6 Å². The summed E-state index contributed by atoms with van der Waals surface area (Å²) >= 11 is 0. The molecule has 0 saturated heterocycles. The molecular formula is C19H24N2O4S. The van der Waals surface area contributed by atoms with Crippen LogP contribution in [0.4, 0.5) is 0 Å². The van der Waals surface area contributed by atoms with E-state index in [-0.39, 0.29) is 17.3 Å². The minimum atomic E-state index is -3.68. The molecule has 2 aromatic carbocycles. The van der Waals surface area contributed by atoms with E-state index in [2.05, 4.69) is 0 Å². The molecule has 0 atom stereocenters. The van der Waals surface area contributed by atoms with Gasteiger partial charge >= 0.3 is 0 Å². The molecule has 0 N–H and O–H groups in total. The first kappa shape index (κ1) is 19.9. The Morgan fingerprint density at radius 3 is 2.19 bits per heavy atom. The Kier molecular flexibility index (Phi) is 6.76. The Morgan fingerprint density at radius 2 is 1.62 bits per heavy atom. The van der Waals surface area contributed by atoms with E-state index in [0.29, 0.717) is 13.2 Å². The van der Waals surface area contributed by atoms with Crippen molar-refractivity contribution in [1.29, 1.82) is 0 Å². The molecule has 0 radical (unpaired) electrons. The summed E-state index contributed by atoms with van der Waals surface area (Å²) in [5, 5.41) is 0. The Morgan fingerprint density at radius 1 is 1.00 bits per heavy atom. The third-order valence-electron chi connectivity index (χ3n) is 3.89. The largest absolute Gasteiger partial charge is 0.494 e. The smallest absolute Gasteiger partial charge is 0.243 e. The van der Waals surface area contributed by atoms with Crippen molar-refractivity contribution in [1.82, 2.24) is 9.21 Å². The summed E-state index contributed by atoms with van der Waals surface area (Å²) in [5.41, 5.74) is 0.942. The zero-order valence-corrected chi connectivity index (χ0v) is 16.1. The number of carbonyl (C=O) groups is 1. The first-order chi connectivity index (χ1) is 12.3. The molecule has 7 heteroatoms. The van der Waals surface area contributed by atoms with Crippen molar-refractivity contribution >= 4 is 15.9 Å². The summed E-state index contributed by atoms with van der Waals surface area (Å²) in [7, 11) is -0.621. The molecule has 0 unspecified atom stereocenters. The maximum atomic E-state index is 12.5. The summed E-state index contributed by atoms with van der Waals surface area (Å²) < 4.78 is 31.4. The topological polar surface area (TPSA) is 66.9 Å². The first-order valence-electron chi connectivity index (χ1n) is 8.31. The van der Waals surface area contributed by atoms with Gasteiger partial charge in [0.05, 0.1) is 18.0 Å². The van der Waals surface area contributed by atoms with Crippen molar-refractivity contribution in [3.05, 3.63) is 60.2 Å². The van der Waals surface area contributed by atoms with Crippen LogP contribution in [0.5, 0.6) is 5.75 Å². The summed E-state index contributed by atoms with van der Waals surface area (Å²) in [6.07, 6.45) is 0. The van der Waals surface area contributed by atoms with E-state index in [0.717, 1.165) is 15.6 Å². The van der Waals surface area contributed by atoms with Crippen molar-refractivity contribution in [2.24, 2.45) is 0 Å². The van der Waals surface area contributed by atoms with Gasteiger partial charge in [0.2, 0.25) is 15.9 Å². The number of hydrogen-bond acceptors (Lipinski definition) is 4. The number of carbonyl (C=O) groups excluding carboxylic acids is 1. The van der Waals surface area contributed by atoms with E-state index in [4.69, 9.17) is 4.74 Å². The number of ether oxygens (including phenoxy) is 1. The van der Waals surface area contributed by atoms with Gasteiger partial charge in [-0.15, -0.1) is 0 Å². The average molecular weight is 376 g/mol.